The van der Waals surface area contributed by atoms with Gasteiger partial charge in [0, 0.05) is 39.6 Å². The summed E-state index contributed by atoms with van der Waals surface area (Å²) < 4.78 is 53.0. The summed E-state index contributed by atoms with van der Waals surface area (Å²) >= 11 is -1.38. The van der Waals surface area contributed by atoms with E-state index in [2.05, 4.69) is 9.71 Å². The first-order valence-electron chi connectivity index (χ1n) is 12.9. The van der Waals surface area contributed by atoms with Crippen LogP contribution in [0.2, 0.25) is 0 Å². The molecule has 0 bridgehead atoms. The smallest absolute Gasteiger partial charge is 0.310 e. The standard InChI is InChI=1S/C30H33FN2O6S/c1-6-37-26(34)16-20-8-7-9-25(36-5)29(20)39-18-19-14-21-11-13-38-28(21)23(15-19)22-10-12-32-24(27(22)31)17-33-40(35)30(2,3)4/h7-15,33H,6,16-18H2,1-5H3. The van der Waals surface area contributed by atoms with Gasteiger partial charge in [-0.25, -0.2) is 4.39 Å². The SMILES string of the molecule is CCOC(=O)Cc1cccc(OC)c1OCc1cc(-c2ccnc(CN[S+]([O-])C(C)(C)C)c2F)c2occc2c1. The molecule has 0 radical (unpaired) electrons. The third-order valence-corrected chi connectivity index (χ3v) is 7.61. The molecule has 4 aromatic rings. The molecule has 2 heterocycles. The number of esters is 1. The molecule has 0 fully saturated rings. The van der Waals surface area contributed by atoms with E-state index in [1.165, 1.54) is 13.3 Å². The molecule has 8 nitrogen and oxygen atoms in total. The second-order valence-electron chi connectivity index (χ2n) is 10.0. The van der Waals surface area contributed by atoms with Gasteiger partial charge in [0.25, 0.3) is 0 Å². The van der Waals surface area contributed by atoms with E-state index in [0.29, 0.717) is 33.8 Å². The van der Waals surface area contributed by atoms with Crippen LogP contribution >= 0.6 is 0 Å². The molecule has 0 amide bonds. The zero-order valence-corrected chi connectivity index (χ0v) is 24.0. The molecule has 1 unspecified atom stereocenters. The van der Waals surface area contributed by atoms with Crippen LogP contribution in [0.5, 0.6) is 11.5 Å². The van der Waals surface area contributed by atoms with Crippen molar-refractivity contribution in [3.63, 3.8) is 0 Å². The summed E-state index contributed by atoms with van der Waals surface area (Å²) in [6.45, 7) is 7.67. The van der Waals surface area contributed by atoms with Crippen LogP contribution in [0.15, 0.2) is 59.3 Å². The molecule has 0 aliphatic heterocycles. The second-order valence-corrected chi connectivity index (χ2v) is 12.1. The molecule has 0 saturated carbocycles. The van der Waals surface area contributed by atoms with Crippen molar-refractivity contribution >= 4 is 28.3 Å². The number of para-hydroxylation sites is 1. The quantitative estimate of drug-likeness (QED) is 0.177. The average molecular weight is 569 g/mol. The first-order valence-corrected chi connectivity index (χ1v) is 14.0. The number of furan rings is 1. The number of carbonyl (C=O) groups is 1. The molecule has 0 aliphatic rings. The van der Waals surface area contributed by atoms with Gasteiger partial charge in [-0.1, -0.05) is 12.1 Å². The van der Waals surface area contributed by atoms with Crippen LogP contribution in [0.1, 0.15) is 44.5 Å². The van der Waals surface area contributed by atoms with Gasteiger partial charge in [0.15, 0.2) is 17.3 Å². The van der Waals surface area contributed by atoms with Crippen LogP contribution in [0.3, 0.4) is 0 Å². The maximum Gasteiger partial charge on any atom is 0.310 e. The van der Waals surface area contributed by atoms with Gasteiger partial charge in [0.1, 0.15) is 16.9 Å². The van der Waals surface area contributed by atoms with E-state index in [1.54, 1.807) is 49.6 Å². The Kier molecular flexibility index (Phi) is 9.34. The van der Waals surface area contributed by atoms with Gasteiger partial charge in [-0.2, -0.15) is 0 Å². The zero-order valence-electron chi connectivity index (χ0n) is 23.2. The van der Waals surface area contributed by atoms with Gasteiger partial charge in [0.2, 0.25) is 0 Å². The minimum absolute atomic E-state index is 0.00466. The highest BCUT2D eigenvalue weighted by Crippen LogP contribution is 2.36. The largest absolute Gasteiger partial charge is 0.598 e. The number of nitrogens with one attached hydrogen (secondary N) is 1. The fraction of sp³-hybridized carbons (Fsp3) is 0.333. The van der Waals surface area contributed by atoms with Crippen LogP contribution in [0.4, 0.5) is 4.39 Å². The number of benzene rings is 2. The number of fused-ring (bicyclic) bond motifs is 1. The summed E-state index contributed by atoms with van der Waals surface area (Å²) in [6.07, 6.45) is 3.10. The van der Waals surface area contributed by atoms with Gasteiger partial charge in [-0.15, -0.1) is 4.72 Å². The van der Waals surface area contributed by atoms with E-state index >= 15 is 4.39 Å². The van der Waals surface area contributed by atoms with Gasteiger partial charge in [-0.05, 0) is 63.6 Å². The lowest BCUT2D eigenvalue weighted by molar-refractivity contribution is -0.142. The van der Waals surface area contributed by atoms with Crippen molar-refractivity contribution < 1.29 is 32.4 Å². The second kappa shape index (κ2) is 12.7. The first-order chi connectivity index (χ1) is 19.1. The molecule has 1 atom stereocenters. The number of carbonyl (C=O) groups excluding carboxylic acids is 1. The highest BCUT2D eigenvalue weighted by molar-refractivity contribution is 7.90. The summed E-state index contributed by atoms with van der Waals surface area (Å²) in [6, 6.07) is 12.4. The third-order valence-electron chi connectivity index (χ3n) is 6.09. The lowest BCUT2D eigenvalue weighted by Crippen LogP contribution is -2.39. The Bertz CT molecular complexity index is 1480. The van der Waals surface area contributed by atoms with Crippen molar-refractivity contribution in [2.45, 2.75) is 52.0 Å². The number of halogens is 1. The minimum atomic E-state index is -1.38. The van der Waals surface area contributed by atoms with E-state index in [0.717, 1.165) is 10.9 Å². The summed E-state index contributed by atoms with van der Waals surface area (Å²) in [5.74, 6) is 0.0178. The number of ether oxygens (including phenoxy) is 3. The van der Waals surface area contributed by atoms with Crippen molar-refractivity contribution in [1.82, 2.24) is 9.71 Å². The molecule has 2 aromatic carbocycles. The lowest BCUT2D eigenvalue weighted by Gasteiger charge is -2.23. The Morgan fingerprint density at radius 2 is 1.98 bits per heavy atom. The Morgan fingerprint density at radius 1 is 1.18 bits per heavy atom. The minimum Gasteiger partial charge on any atom is -0.598 e. The van der Waals surface area contributed by atoms with E-state index in [-0.39, 0.29) is 37.8 Å². The maximum atomic E-state index is 15.7. The molecule has 212 valence electrons. The van der Waals surface area contributed by atoms with Crippen LogP contribution in [-0.2, 0) is 40.5 Å². The number of nitrogens with zero attached hydrogens (tertiary/aromatic N) is 1. The Labute approximate surface area is 236 Å². The predicted octanol–water partition coefficient (Wildman–Crippen LogP) is 5.88. The van der Waals surface area contributed by atoms with Gasteiger partial charge in [-0.3, -0.25) is 9.78 Å². The van der Waals surface area contributed by atoms with Crippen LogP contribution in [0, 0.1) is 5.82 Å². The first kappa shape index (κ1) is 29.4. The van der Waals surface area contributed by atoms with Gasteiger partial charge in [0.05, 0.1) is 38.6 Å². The molecule has 4 rings (SSSR count). The molecule has 0 spiro atoms. The number of hydrogen-bond acceptors (Lipinski definition) is 8. The average Bonchev–Trinajstić information content (AvgIpc) is 3.39. The van der Waals surface area contributed by atoms with Gasteiger partial charge < -0.3 is 23.2 Å². The van der Waals surface area contributed by atoms with E-state index in [9.17, 15) is 9.35 Å². The molecule has 10 heteroatoms. The number of methoxy groups -OCH3 is 1. The third kappa shape index (κ3) is 6.75. The molecule has 0 aliphatic carbocycles. The fourth-order valence-corrected chi connectivity index (χ4v) is 4.85. The highest BCUT2D eigenvalue weighted by Gasteiger charge is 2.27. The molecular formula is C30H33FN2O6S. The van der Waals surface area contributed by atoms with Crippen LogP contribution in [-0.4, -0.2) is 34.0 Å². The number of rotatable bonds is 11. The van der Waals surface area contributed by atoms with Crippen molar-refractivity contribution in [2.24, 2.45) is 0 Å². The molecular weight excluding hydrogens is 535 g/mol. The molecule has 1 N–H and O–H groups in total. The Balaban J connectivity index is 1.64. The molecule has 40 heavy (non-hydrogen) atoms. The summed E-state index contributed by atoms with van der Waals surface area (Å²) in [4.78, 5) is 16.3. The van der Waals surface area contributed by atoms with Crippen molar-refractivity contribution in [2.75, 3.05) is 13.7 Å². The number of aromatic nitrogens is 1. The highest BCUT2D eigenvalue weighted by atomic mass is 32.2. The molecule has 2 aromatic heterocycles. The van der Waals surface area contributed by atoms with Crippen molar-refractivity contribution in [3.8, 4) is 22.6 Å². The number of pyridine rings is 1. The zero-order chi connectivity index (χ0) is 28.9. The monoisotopic (exact) mass is 568 g/mol. The van der Waals surface area contributed by atoms with Crippen molar-refractivity contribution in [1.29, 1.82) is 0 Å². The van der Waals surface area contributed by atoms with E-state index in [4.69, 9.17) is 18.6 Å². The normalized spacial score (nSPS) is 12.4. The van der Waals surface area contributed by atoms with Crippen molar-refractivity contribution in [3.05, 3.63) is 77.6 Å². The summed E-state index contributed by atoms with van der Waals surface area (Å²) in [7, 11) is 1.53. The summed E-state index contributed by atoms with van der Waals surface area (Å²) in [5, 5.41) is 0.771. The Morgan fingerprint density at radius 3 is 2.70 bits per heavy atom. The Hall–Kier alpha value is -3.60. The summed E-state index contributed by atoms with van der Waals surface area (Å²) in [5.41, 5.74) is 2.88. The predicted molar refractivity (Wildman–Crippen MR) is 152 cm³/mol. The topological polar surface area (TPSA) is 106 Å². The van der Waals surface area contributed by atoms with Crippen LogP contribution in [0.25, 0.3) is 22.1 Å². The lowest BCUT2D eigenvalue weighted by atomic mass is 10.00. The maximum absolute atomic E-state index is 15.7. The van der Waals surface area contributed by atoms with E-state index in [1.807, 2.05) is 26.8 Å². The number of hydrogen-bond donors (Lipinski definition) is 1. The van der Waals surface area contributed by atoms with E-state index < -0.39 is 21.9 Å². The van der Waals surface area contributed by atoms with Gasteiger partial charge >= 0.3 is 5.97 Å². The fourth-order valence-electron chi connectivity index (χ4n) is 4.14. The van der Waals surface area contributed by atoms with Crippen LogP contribution < -0.4 is 14.2 Å². The molecule has 0 saturated heterocycles.